The molecule has 1 atom stereocenters. The smallest absolute Gasteiger partial charge is 0.222 e. The molecule has 142 valence electrons. The van der Waals surface area contributed by atoms with Gasteiger partial charge in [0.25, 0.3) is 0 Å². The predicted molar refractivity (Wildman–Crippen MR) is 105 cm³/mol. The highest BCUT2D eigenvalue weighted by molar-refractivity contribution is 5.90. The third-order valence-corrected chi connectivity index (χ3v) is 4.85. The van der Waals surface area contributed by atoms with Gasteiger partial charge >= 0.3 is 0 Å². The highest BCUT2D eigenvalue weighted by Crippen LogP contribution is 2.25. The average Bonchev–Trinajstić information content (AvgIpc) is 3.35. The van der Waals surface area contributed by atoms with Crippen LogP contribution in [-0.2, 0) is 11.3 Å². The highest BCUT2D eigenvalue weighted by Gasteiger charge is 2.17. The number of carbonyl (C=O) groups is 1. The molecule has 0 bridgehead atoms. The van der Waals surface area contributed by atoms with E-state index in [0.717, 1.165) is 22.3 Å². The predicted octanol–water partition coefficient (Wildman–Crippen LogP) is 2.59. The van der Waals surface area contributed by atoms with Gasteiger partial charge in [0.15, 0.2) is 0 Å². The first-order valence-electron chi connectivity index (χ1n) is 9.16. The lowest BCUT2D eigenvalue weighted by atomic mass is 10.1. The summed E-state index contributed by atoms with van der Waals surface area (Å²) >= 11 is 0. The van der Waals surface area contributed by atoms with Crippen molar-refractivity contribution in [1.29, 1.82) is 0 Å². The fourth-order valence-corrected chi connectivity index (χ4v) is 3.37. The van der Waals surface area contributed by atoms with Gasteiger partial charge in [-0.2, -0.15) is 5.10 Å². The van der Waals surface area contributed by atoms with Crippen LogP contribution in [0.1, 0.15) is 30.6 Å². The van der Waals surface area contributed by atoms with E-state index in [1.165, 1.54) is 16.4 Å². The van der Waals surface area contributed by atoms with Crippen LogP contribution in [0.25, 0.3) is 16.5 Å². The second-order valence-electron chi connectivity index (χ2n) is 6.71. The van der Waals surface area contributed by atoms with Gasteiger partial charge in [0, 0.05) is 23.1 Å². The Morgan fingerprint density at radius 1 is 1.18 bits per heavy atom. The average molecular weight is 375 g/mol. The fourth-order valence-electron chi connectivity index (χ4n) is 3.37. The van der Waals surface area contributed by atoms with E-state index >= 15 is 0 Å². The largest absolute Gasteiger partial charge is 0.349 e. The number of carbonyl (C=O) groups excluding carboxylic acids is 1. The molecule has 2 aromatic carbocycles. The van der Waals surface area contributed by atoms with Crippen molar-refractivity contribution >= 4 is 16.7 Å². The first-order chi connectivity index (χ1) is 13.6. The highest BCUT2D eigenvalue weighted by atomic mass is 16.1. The van der Waals surface area contributed by atoms with Gasteiger partial charge in [0.1, 0.15) is 6.33 Å². The van der Waals surface area contributed by atoms with Crippen molar-refractivity contribution in [2.45, 2.75) is 32.9 Å². The number of aryl methyl sites for hydroxylation is 1. The summed E-state index contributed by atoms with van der Waals surface area (Å²) in [6.07, 6.45) is 3.63. The molecule has 0 fully saturated rings. The van der Waals surface area contributed by atoms with Crippen LogP contribution in [0.15, 0.2) is 55.0 Å². The number of hydrogen-bond donors (Lipinski definition) is 1. The molecule has 8 nitrogen and oxygen atoms in total. The summed E-state index contributed by atoms with van der Waals surface area (Å²) in [7, 11) is 0. The first-order valence-corrected chi connectivity index (χ1v) is 9.16. The van der Waals surface area contributed by atoms with Crippen molar-refractivity contribution in [2.75, 3.05) is 0 Å². The second-order valence-corrected chi connectivity index (χ2v) is 6.71. The number of rotatable bonds is 6. The summed E-state index contributed by atoms with van der Waals surface area (Å²) in [5, 5.41) is 20.8. The van der Waals surface area contributed by atoms with E-state index < -0.39 is 0 Å². The van der Waals surface area contributed by atoms with Crippen molar-refractivity contribution in [3.8, 4) is 5.69 Å². The molecule has 0 saturated heterocycles. The van der Waals surface area contributed by atoms with Gasteiger partial charge in [0.2, 0.25) is 5.91 Å². The van der Waals surface area contributed by atoms with Crippen LogP contribution in [0.4, 0.5) is 0 Å². The quantitative estimate of drug-likeness (QED) is 0.559. The summed E-state index contributed by atoms with van der Waals surface area (Å²) < 4.78 is 3.47. The molecule has 28 heavy (non-hydrogen) atoms. The molecule has 0 aliphatic heterocycles. The van der Waals surface area contributed by atoms with Gasteiger partial charge in [-0.15, -0.1) is 5.10 Å². The molecule has 8 heteroatoms. The normalized spacial score (nSPS) is 12.2. The van der Waals surface area contributed by atoms with E-state index in [1.54, 1.807) is 0 Å². The lowest BCUT2D eigenvalue weighted by molar-refractivity contribution is -0.122. The topological polar surface area (TPSA) is 90.5 Å². The van der Waals surface area contributed by atoms with E-state index in [2.05, 4.69) is 50.2 Å². The van der Waals surface area contributed by atoms with Crippen LogP contribution < -0.4 is 5.32 Å². The Bertz CT molecular complexity index is 1100. The summed E-state index contributed by atoms with van der Waals surface area (Å²) in [6, 6.07) is 14.3. The van der Waals surface area contributed by atoms with Gasteiger partial charge in [0.05, 0.1) is 24.5 Å². The van der Waals surface area contributed by atoms with Gasteiger partial charge in [-0.05, 0) is 35.7 Å². The minimum atomic E-state index is -0.148. The zero-order valence-electron chi connectivity index (χ0n) is 15.8. The minimum absolute atomic E-state index is 0.0553. The molecule has 2 heterocycles. The molecule has 1 unspecified atom stereocenters. The van der Waals surface area contributed by atoms with Crippen molar-refractivity contribution in [3.05, 3.63) is 66.2 Å². The van der Waals surface area contributed by atoms with Crippen LogP contribution in [0.2, 0.25) is 0 Å². The lowest BCUT2D eigenvalue weighted by Crippen LogP contribution is -2.27. The van der Waals surface area contributed by atoms with Crippen molar-refractivity contribution < 1.29 is 4.79 Å². The number of nitrogens with one attached hydrogen (secondary N) is 1. The number of hydrogen-bond acceptors (Lipinski definition) is 5. The van der Waals surface area contributed by atoms with Crippen molar-refractivity contribution in [3.63, 3.8) is 0 Å². The molecule has 1 amide bonds. The van der Waals surface area contributed by atoms with Gasteiger partial charge in [-0.1, -0.05) is 36.4 Å². The Hall–Kier alpha value is -3.55. The first kappa shape index (κ1) is 17.8. The molecule has 0 aliphatic carbocycles. The van der Waals surface area contributed by atoms with Gasteiger partial charge in [-0.3, -0.25) is 4.79 Å². The standard InChI is InChI=1S/C20H21N7O/c1-14(23-20(28)10-11-26-13-21-24-25-26)18-12-22-27(15(18)2)19-9-5-7-16-6-3-4-8-17(16)19/h3-9,12-14H,10-11H2,1-2H3,(H,23,28). The van der Waals surface area contributed by atoms with E-state index in [1.807, 2.05) is 42.9 Å². The van der Waals surface area contributed by atoms with E-state index in [0.29, 0.717) is 13.0 Å². The summed E-state index contributed by atoms with van der Waals surface area (Å²) in [6.45, 7) is 4.43. The molecule has 4 aromatic rings. The zero-order chi connectivity index (χ0) is 19.5. The fraction of sp³-hybridized carbons (Fsp3) is 0.250. The monoisotopic (exact) mass is 375 g/mol. The maximum Gasteiger partial charge on any atom is 0.222 e. The SMILES string of the molecule is Cc1c(C(C)NC(=O)CCn2cnnn2)cnn1-c1cccc2ccccc12. The zero-order valence-corrected chi connectivity index (χ0v) is 15.8. The lowest BCUT2D eigenvalue weighted by Gasteiger charge is -2.15. The summed E-state index contributed by atoms with van der Waals surface area (Å²) in [5.41, 5.74) is 3.02. The van der Waals surface area contributed by atoms with Crippen molar-refractivity contribution in [1.82, 2.24) is 35.3 Å². The maximum atomic E-state index is 12.3. The maximum absolute atomic E-state index is 12.3. The molecule has 0 saturated carbocycles. The Morgan fingerprint density at radius 2 is 2.00 bits per heavy atom. The Labute approximate surface area is 162 Å². The molecule has 2 aromatic heterocycles. The molecular formula is C20H21N7O. The molecule has 1 N–H and O–H groups in total. The third-order valence-electron chi connectivity index (χ3n) is 4.85. The summed E-state index contributed by atoms with van der Waals surface area (Å²) in [5.74, 6) is -0.0553. The number of fused-ring (bicyclic) bond motifs is 1. The molecule has 4 rings (SSSR count). The van der Waals surface area contributed by atoms with Crippen LogP contribution in [0.5, 0.6) is 0 Å². The van der Waals surface area contributed by atoms with E-state index in [4.69, 9.17) is 0 Å². The molecule has 0 spiro atoms. The Balaban J connectivity index is 1.52. The minimum Gasteiger partial charge on any atom is -0.349 e. The van der Waals surface area contributed by atoms with Crippen LogP contribution in [0, 0.1) is 6.92 Å². The molecular weight excluding hydrogens is 354 g/mol. The third kappa shape index (κ3) is 3.48. The molecule has 0 radical (unpaired) electrons. The number of aromatic nitrogens is 6. The van der Waals surface area contributed by atoms with Gasteiger partial charge in [-0.25, -0.2) is 9.36 Å². The number of amides is 1. The summed E-state index contributed by atoms with van der Waals surface area (Å²) in [4.78, 5) is 12.3. The molecule has 0 aliphatic rings. The van der Waals surface area contributed by atoms with Crippen LogP contribution in [0.3, 0.4) is 0 Å². The van der Waals surface area contributed by atoms with Crippen LogP contribution in [-0.4, -0.2) is 35.9 Å². The number of tetrazole rings is 1. The number of nitrogens with zero attached hydrogens (tertiary/aromatic N) is 6. The van der Waals surface area contributed by atoms with E-state index in [9.17, 15) is 4.79 Å². The van der Waals surface area contributed by atoms with Gasteiger partial charge < -0.3 is 5.32 Å². The van der Waals surface area contributed by atoms with E-state index in [-0.39, 0.29) is 11.9 Å². The Kier molecular flexibility index (Phi) is 4.84. The Morgan fingerprint density at radius 3 is 2.82 bits per heavy atom. The second kappa shape index (κ2) is 7.59. The number of benzene rings is 2. The van der Waals surface area contributed by atoms with Crippen molar-refractivity contribution in [2.24, 2.45) is 0 Å². The van der Waals surface area contributed by atoms with Crippen LogP contribution >= 0.6 is 0 Å².